The van der Waals surface area contributed by atoms with Crippen LogP contribution in [0.15, 0.2) is 30.3 Å². The van der Waals surface area contributed by atoms with Crippen molar-refractivity contribution in [3.63, 3.8) is 0 Å². The van der Waals surface area contributed by atoms with Gasteiger partial charge in [-0.05, 0) is 25.1 Å². The molecule has 0 spiro atoms. The van der Waals surface area contributed by atoms with Crippen molar-refractivity contribution in [2.24, 2.45) is 5.41 Å². The minimum Gasteiger partial charge on any atom is -0.392 e. The molecule has 1 aromatic carbocycles. The summed E-state index contributed by atoms with van der Waals surface area (Å²) in [5, 5.41) is 10.5. The third-order valence-corrected chi connectivity index (χ3v) is 3.06. The molecule has 0 bridgehead atoms. The summed E-state index contributed by atoms with van der Waals surface area (Å²) in [6.07, 6.45) is -0.340. The van der Waals surface area contributed by atoms with Gasteiger partial charge in [0.15, 0.2) is 0 Å². The quantitative estimate of drug-likeness (QED) is 0.909. The highest BCUT2D eigenvalue weighted by molar-refractivity contribution is 5.85. The fraction of sp³-hybridized carbons (Fsp3) is 0.600. The molecule has 104 valence electrons. The van der Waals surface area contributed by atoms with Gasteiger partial charge in [-0.3, -0.25) is 0 Å². The molecule has 3 heteroatoms. The SMILES string of the molecule is CN(C)C[C@@H](c1ccccc1)[C@@H](O)C(C)(C)C.Cl. The first kappa shape index (κ1) is 17.4. The van der Waals surface area contributed by atoms with Crippen molar-refractivity contribution in [1.82, 2.24) is 4.90 Å². The maximum atomic E-state index is 10.5. The highest BCUT2D eigenvalue weighted by atomic mass is 35.5. The second kappa shape index (κ2) is 7.13. The summed E-state index contributed by atoms with van der Waals surface area (Å²) >= 11 is 0. The number of aliphatic hydroxyl groups is 1. The summed E-state index contributed by atoms with van der Waals surface area (Å²) in [7, 11) is 4.09. The number of aliphatic hydroxyl groups excluding tert-OH is 1. The molecule has 0 radical (unpaired) electrons. The maximum Gasteiger partial charge on any atom is 0.0669 e. The summed E-state index contributed by atoms with van der Waals surface area (Å²) in [5.74, 6) is 0.159. The molecule has 2 nitrogen and oxygen atoms in total. The van der Waals surface area contributed by atoms with Crippen LogP contribution in [0, 0.1) is 5.41 Å². The second-order valence-corrected chi connectivity index (χ2v) is 6.09. The van der Waals surface area contributed by atoms with Gasteiger partial charge in [-0.1, -0.05) is 51.1 Å². The van der Waals surface area contributed by atoms with Crippen LogP contribution in [0.2, 0.25) is 0 Å². The zero-order chi connectivity index (χ0) is 13.1. The fourth-order valence-corrected chi connectivity index (χ4v) is 2.08. The van der Waals surface area contributed by atoms with Crippen LogP contribution in [0.1, 0.15) is 32.3 Å². The van der Waals surface area contributed by atoms with E-state index in [-0.39, 0.29) is 29.8 Å². The van der Waals surface area contributed by atoms with Crippen LogP contribution in [0.5, 0.6) is 0 Å². The van der Waals surface area contributed by atoms with Crippen LogP contribution < -0.4 is 0 Å². The molecule has 1 N–H and O–H groups in total. The lowest BCUT2D eigenvalue weighted by Crippen LogP contribution is -2.37. The zero-order valence-electron chi connectivity index (χ0n) is 12.1. The molecule has 0 heterocycles. The number of rotatable bonds is 4. The van der Waals surface area contributed by atoms with E-state index in [2.05, 4.69) is 37.8 Å². The van der Waals surface area contributed by atoms with E-state index in [0.717, 1.165) is 6.54 Å². The Hall–Kier alpha value is -0.570. The van der Waals surface area contributed by atoms with Gasteiger partial charge in [-0.25, -0.2) is 0 Å². The Morgan fingerprint density at radius 3 is 2.00 bits per heavy atom. The molecule has 0 fully saturated rings. The molecule has 0 saturated carbocycles. The van der Waals surface area contributed by atoms with E-state index in [4.69, 9.17) is 0 Å². The van der Waals surface area contributed by atoms with Crippen molar-refractivity contribution in [3.05, 3.63) is 35.9 Å². The first-order valence-electron chi connectivity index (χ1n) is 6.20. The average molecular weight is 272 g/mol. The molecule has 0 aliphatic carbocycles. The molecule has 1 rings (SSSR count). The van der Waals surface area contributed by atoms with Crippen LogP contribution in [-0.4, -0.2) is 36.8 Å². The third kappa shape index (κ3) is 4.97. The first-order valence-corrected chi connectivity index (χ1v) is 6.20. The molecule has 2 atom stereocenters. The Morgan fingerprint density at radius 1 is 1.11 bits per heavy atom. The van der Waals surface area contributed by atoms with Crippen molar-refractivity contribution in [1.29, 1.82) is 0 Å². The number of nitrogens with zero attached hydrogens (tertiary/aromatic N) is 1. The van der Waals surface area contributed by atoms with E-state index in [1.807, 2.05) is 32.3 Å². The molecule has 0 saturated heterocycles. The minimum atomic E-state index is -0.340. The molecule has 0 aromatic heterocycles. The highest BCUT2D eigenvalue weighted by Crippen LogP contribution is 2.32. The fourth-order valence-electron chi connectivity index (χ4n) is 2.08. The summed E-state index contributed by atoms with van der Waals surface area (Å²) in [6, 6.07) is 10.3. The Morgan fingerprint density at radius 2 is 1.61 bits per heavy atom. The van der Waals surface area contributed by atoms with Gasteiger partial charge in [0.25, 0.3) is 0 Å². The van der Waals surface area contributed by atoms with Crippen LogP contribution >= 0.6 is 12.4 Å². The second-order valence-electron chi connectivity index (χ2n) is 6.09. The molecule has 18 heavy (non-hydrogen) atoms. The summed E-state index contributed by atoms with van der Waals surface area (Å²) < 4.78 is 0. The van der Waals surface area contributed by atoms with E-state index in [1.54, 1.807) is 0 Å². The molecule has 0 aliphatic rings. The van der Waals surface area contributed by atoms with E-state index in [0.29, 0.717) is 0 Å². The zero-order valence-corrected chi connectivity index (χ0v) is 12.9. The standard InChI is InChI=1S/C15H25NO.ClH/c1-15(2,3)14(17)13(11-16(4)5)12-9-7-6-8-10-12;/h6-10,13-14,17H,11H2,1-5H3;1H/t13-,14+;/m0./s1. The van der Waals surface area contributed by atoms with E-state index >= 15 is 0 Å². The van der Waals surface area contributed by atoms with Gasteiger partial charge in [-0.15, -0.1) is 12.4 Å². The Bertz CT molecular complexity index is 332. The molecule has 1 aromatic rings. The third-order valence-electron chi connectivity index (χ3n) is 3.06. The number of halogens is 1. The maximum absolute atomic E-state index is 10.5. The molecular formula is C15H26ClNO. The monoisotopic (exact) mass is 271 g/mol. The van der Waals surface area contributed by atoms with Gasteiger partial charge in [0.05, 0.1) is 6.10 Å². The molecular weight excluding hydrogens is 246 g/mol. The summed E-state index contributed by atoms with van der Waals surface area (Å²) in [4.78, 5) is 2.13. The van der Waals surface area contributed by atoms with Gasteiger partial charge >= 0.3 is 0 Å². The first-order chi connectivity index (χ1) is 7.82. The van der Waals surface area contributed by atoms with E-state index in [1.165, 1.54) is 5.56 Å². The van der Waals surface area contributed by atoms with Gasteiger partial charge in [0.2, 0.25) is 0 Å². The van der Waals surface area contributed by atoms with Crippen molar-refractivity contribution in [3.8, 4) is 0 Å². The van der Waals surface area contributed by atoms with Crippen molar-refractivity contribution >= 4 is 12.4 Å². The van der Waals surface area contributed by atoms with Crippen molar-refractivity contribution in [2.75, 3.05) is 20.6 Å². The predicted molar refractivity (Wildman–Crippen MR) is 80.4 cm³/mol. The van der Waals surface area contributed by atoms with Gasteiger partial charge < -0.3 is 10.0 Å². The normalized spacial score (nSPS) is 15.1. The minimum absolute atomic E-state index is 0. The Balaban J connectivity index is 0.00000289. The van der Waals surface area contributed by atoms with Gasteiger partial charge in [0, 0.05) is 12.5 Å². The number of hydrogen-bond acceptors (Lipinski definition) is 2. The smallest absolute Gasteiger partial charge is 0.0669 e. The van der Waals surface area contributed by atoms with Crippen molar-refractivity contribution in [2.45, 2.75) is 32.8 Å². The van der Waals surface area contributed by atoms with Gasteiger partial charge in [-0.2, -0.15) is 0 Å². The lowest BCUT2D eigenvalue weighted by atomic mass is 9.78. The number of benzene rings is 1. The van der Waals surface area contributed by atoms with E-state index < -0.39 is 0 Å². The predicted octanol–water partition coefficient (Wildman–Crippen LogP) is 3.16. The summed E-state index contributed by atoms with van der Waals surface area (Å²) in [5.41, 5.74) is 1.11. The summed E-state index contributed by atoms with van der Waals surface area (Å²) in [6.45, 7) is 7.12. The molecule has 0 unspecified atom stereocenters. The number of likely N-dealkylation sites (N-methyl/N-ethyl adjacent to an activating group) is 1. The van der Waals surface area contributed by atoms with Crippen molar-refractivity contribution < 1.29 is 5.11 Å². The molecule has 0 amide bonds. The molecule has 0 aliphatic heterocycles. The van der Waals surface area contributed by atoms with E-state index in [9.17, 15) is 5.11 Å². The highest BCUT2D eigenvalue weighted by Gasteiger charge is 2.31. The lowest BCUT2D eigenvalue weighted by Gasteiger charge is -2.34. The average Bonchev–Trinajstić information content (AvgIpc) is 2.24. The van der Waals surface area contributed by atoms with Crippen LogP contribution in [0.4, 0.5) is 0 Å². The Labute approximate surface area is 117 Å². The van der Waals surface area contributed by atoms with Crippen LogP contribution in [0.3, 0.4) is 0 Å². The van der Waals surface area contributed by atoms with Crippen LogP contribution in [0.25, 0.3) is 0 Å². The largest absolute Gasteiger partial charge is 0.392 e. The van der Waals surface area contributed by atoms with Gasteiger partial charge in [0.1, 0.15) is 0 Å². The Kier molecular flexibility index (Phi) is 6.90. The lowest BCUT2D eigenvalue weighted by molar-refractivity contribution is 0.0311. The van der Waals surface area contributed by atoms with Crippen LogP contribution in [-0.2, 0) is 0 Å². The topological polar surface area (TPSA) is 23.5 Å². The number of hydrogen-bond donors (Lipinski definition) is 1.